The van der Waals surface area contributed by atoms with Crippen molar-refractivity contribution in [2.24, 2.45) is 0 Å². The summed E-state index contributed by atoms with van der Waals surface area (Å²) in [5.74, 6) is 0.835. The Morgan fingerprint density at radius 1 is 1.19 bits per heavy atom. The Bertz CT molecular complexity index is 1400. The largest absolute Gasteiger partial charge is 0.383 e. The van der Waals surface area contributed by atoms with Crippen LogP contribution in [0, 0.1) is 6.92 Å². The molecule has 4 heterocycles. The second-order valence-corrected chi connectivity index (χ2v) is 9.81. The number of benzene rings is 1. The van der Waals surface area contributed by atoms with Crippen LogP contribution in [-0.4, -0.2) is 61.8 Å². The molecule has 0 radical (unpaired) electrons. The van der Waals surface area contributed by atoms with E-state index in [-0.39, 0.29) is 5.91 Å². The summed E-state index contributed by atoms with van der Waals surface area (Å²) in [7, 11) is 1.74. The first-order valence-corrected chi connectivity index (χ1v) is 12.6. The molecular weight excluding hydrogens is 454 g/mol. The molecule has 186 valence electrons. The number of rotatable bonds is 8. The molecule has 0 spiro atoms. The fraction of sp³-hybridized carbons (Fsp3) is 0.407. The van der Waals surface area contributed by atoms with Crippen molar-refractivity contribution in [2.45, 2.75) is 45.3 Å². The van der Waals surface area contributed by atoms with E-state index in [1.807, 2.05) is 17.5 Å². The molecule has 1 N–H and O–H groups in total. The molecule has 36 heavy (non-hydrogen) atoms. The van der Waals surface area contributed by atoms with Crippen molar-refractivity contribution in [3.63, 3.8) is 0 Å². The number of carbonyl (C=O) groups excluding carboxylic acids is 1. The Morgan fingerprint density at radius 3 is 2.81 bits per heavy atom. The van der Waals surface area contributed by atoms with Crippen LogP contribution in [0.2, 0.25) is 0 Å². The minimum Gasteiger partial charge on any atom is -0.383 e. The smallest absolute Gasteiger partial charge is 0.270 e. The molecule has 2 aliphatic rings. The zero-order valence-corrected chi connectivity index (χ0v) is 20.8. The van der Waals surface area contributed by atoms with Gasteiger partial charge in [0.1, 0.15) is 5.69 Å². The molecule has 3 aromatic heterocycles. The average molecular weight is 486 g/mol. The van der Waals surface area contributed by atoms with Crippen molar-refractivity contribution in [3.8, 4) is 11.3 Å². The number of nitrogens with zero attached hydrogens (tertiary/aromatic N) is 6. The summed E-state index contributed by atoms with van der Waals surface area (Å²) in [6, 6.07) is 10.4. The lowest BCUT2D eigenvalue weighted by Gasteiger charge is -2.26. The van der Waals surface area contributed by atoms with Crippen LogP contribution in [0.1, 0.15) is 51.8 Å². The molecule has 1 aliphatic heterocycles. The van der Waals surface area contributed by atoms with Crippen LogP contribution in [-0.2, 0) is 24.4 Å². The number of methoxy groups -OCH3 is 1. The van der Waals surface area contributed by atoms with E-state index >= 15 is 0 Å². The lowest BCUT2D eigenvalue weighted by Crippen LogP contribution is -2.35. The first-order valence-electron chi connectivity index (χ1n) is 12.6. The normalized spacial score (nSPS) is 15.8. The van der Waals surface area contributed by atoms with Crippen LogP contribution < -0.4 is 5.32 Å². The number of hydrogen-bond donors (Lipinski definition) is 1. The quantitative estimate of drug-likeness (QED) is 0.412. The Labute approximate surface area is 210 Å². The summed E-state index contributed by atoms with van der Waals surface area (Å²) in [5, 5.41) is 7.91. The molecule has 1 aromatic carbocycles. The number of hydrogen-bond acceptors (Lipinski definition) is 6. The van der Waals surface area contributed by atoms with E-state index < -0.39 is 0 Å². The molecule has 1 aliphatic carbocycles. The summed E-state index contributed by atoms with van der Waals surface area (Å²) in [6.45, 7) is 6.87. The fourth-order valence-corrected chi connectivity index (χ4v) is 4.85. The molecule has 0 unspecified atom stereocenters. The zero-order valence-electron chi connectivity index (χ0n) is 20.8. The number of carbonyl (C=O) groups is 1. The second-order valence-electron chi connectivity index (χ2n) is 9.81. The van der Waals surface area contributed by atoms with Crippen molar-refractivity contribution < 1.29 is 9.53 Å². The highest BCUT2D eigenvalue weighted by atomic mass is 16.5. The van der Waals surface area contributed by atoms with Crippen LogP contribution >= 0.6 is 0 Å². The van der Waals surface area contributed by atoms with Gasteiger partial charge in [0.15, 0.2) is 0 Å². The summed E-state index contributed by atoms with van der Waals surface area (Å²) in [6.07, 6.45) is 5.88. The summed E-state index contributed by atoms with van der Waals surface area (Å²) in [4.78, 5) is 24.7. The first kappa shape index (κ1) is 22.9. The maximum Gasteiger partial charge on any atom is 0.270 e. The first-order chi connectivity index (χ1) is 17.6. The molecule has 1 fully saturated rings. The number of aryl methyl sites for hydroxylation is 1. The Morgan fingerprint density at radius 2 is 2.03 bits per heavy atom. The van der Waals surface area contributed by atoms with Crippen molar-refractivity contribution in [3.05, 3.63) is 70.9 Å². The molecular formula is C27H31N7O2. The minimum atomic E-state index is -0.110. The maximum absolute atomic E-state index is 13.2. The highest BCUT2D eigenvalue weighted by molar-refractivity contribution is 5.94. The summed E-state index contributed by atoms with van der Waals surface area (Å²) >= 11 is 0. The van der Waals surface area contributed by atoms with Crippen molar-refractivity contribution in [1.82, 2.24) is 34.4 Å². The molecule has 0 saturated heterocycles. The number of aromatic nitrogens is 5. The third-order valence-corrected chi connectivity index (χ3v) is 7.01. The van der Waals surface area contributed by atoms with Gasteiger partial charge >= 0.3 is 0 Å². The van der Waals surface area contributed by atoms with Gasteiger partial charge in [-0.1, -0.05) is 24.3 Å². The Kier molecular flexibility index (Phi) is 6.02. The van der Waals surface area contributed by atoms with Gasteiger partial charge in [-0.2, -0.15) is 5.10 Å². The van der Waals surface area contributed by atoms with Gasteiger partial charge in [-0.3, -0.25) is 18.8 Å². The van der Waals surface area contributed by atoms with E-state index in [9.17, 15) is 4.79 Å². The van der Waals surface area contributed by atoms with Crippen LogP contribution in [0.4, 0.5) is 0 Å². The molecule has 4 aromatic rings. The van der Waals surface area contributed by atoms with E-state index in [0.29, 0.717) is 23.9 Å². The predicted molar refractivity (Wildman–Crippen MR) is 136 cm³/mol. The molecule has 1 saturated carbocycles. The lowest BCUT2D eigenvalue weighted by atomic mass is 10.1. The van der Waals surface area contributed by atoms with Crippen LogP contribution in [0.15, 0.2) is 42.7 Å². The summed E-state index contributed by atoms with van der Waals surface area (Å²) in [5.41, 5.74) is 6.81. The number of amides is 1. The number of imidazole rings is 1. The topological polar surface area (TPSA) is 89.6 Å². The van der Waals surface area contributed by atoms with E-state index in [4.69, 9.17) is 9.84 Å². The highest BCUT2D eigenvalue weighted by Crippen LogP contribution is 2.41. The van der Waals surface area contributed by atoms with E-state index in [2.05, 4.69) is 55.2 Å². The van der Waals surface area contributed by atoms with Gasteiger partial charge < -0.3 is 10.1 Å². The lowest BCUT2D eigenvalue weighted by molar-refractivity contribution is 0.0944. The van der Waals surface area contributed by atoms with E-state index in [1.54, 1.807) is 13.3 Å². The summed E-state index contributed by atoms with van der Waals surface area (Å²) < 4.78 is 9.16. The predicted octanol–water partition coefficient (Wildman–Crippen LogP) is 3.17. The van der Waals surface area contributed by atoms with Gasteiger partial charge in [0.05, 0.1) is 30.2 Å². The standard InChI is InChI=1S/C27H31N7O2/c1-18-14-29-27-30-24(21-7-8-21)25(33(27)16-18)26(35)28-15-19-3-5-20(6-4-19)23-13-22-17-32(11-12-36-2)9-10-34(22)31-23/h3-6,13-14,16,21H,7-12,15,17H2,1-2H3,(H,28,35). The van der Waals surface area contributed by atoms with Crippen LogP contribution in [0.3, 0.4) is 0 Å². The van der Waals surface area contributed by atoms with Crippen LogP contribution in [0.25, 0.3) is 17.0 Å². The van der Waals surface area contributed by atoms with Gasteiger partial charge in [-0.05, 0) is 37.0 Å². The monoisotopic (exact) mass is 485 g/mol. The number of fused-ring (bicyclic) bond motifs is 2. The van der Waals surface area contributed by atoms with E-state index in [0.717, 1.165) is 73.7 Å². The van der Waals surface area contributed by atoms with Gasteiger partial charge in [-0.15, -0.1) is 0 Å². The van der Waals surface area contributed by atoms with Gasteiger partial charge in [0.2, 0.25) is 5.78 Å². The number of ether oxygens (including phenoxy) is 1. The van der Waals surface area contributed by atoms with E-state index in [1.165, 1.54) is 5.69 Å². The van der Waals surface area contributed by atoms with Gasteiger partial charge in [0.25, 0.3) is 5.91 Å². The molecule has 9 nitrogen and oxygen atoms in total. The SMILES string of the molecule is COCCN1CCn2nc(-c3ccc(CNC(=O)c4c(C5CC5)nc5ncc(C)cn45)cc3)cc2C1. The zero-order chi connectivity index (χ0) is 24.6. The van der Waals surface area contributed by atoms with Gasteiger partial charge in [0, 0.05) is 57.2 Å². The van der Waals surface area contributed by atoms with Crippen molar-refractivity contribution in [1.29, 1.82) is 0 Å². The Balaban J connectivity index is 1.14. The molecule has 6 rings (SSSR count). The highest BCUT2D eigenvalue weighted by Gasteiger charge is 2.33. The number of nitrogens with one attached hydrogen (secondary N) is 1. The molecule has 0 atom stereocenters. The van der Waals surface area contributed by atoms with Gasteiger partial charge in [-0.25, -0.2) is 9.97 Å². The van der Waals surface area contributed by atoms with Crippen LogP contribution in [0.5, 0.6) is 0 Å². The third-order valence-electron chi connectivity index (χ3n) is 7.01. The Hall–Kier alpha value is -3.56. The fourth-order valence-electron chi connectivity index (χ4n) is 4.85. The molecule has 0 bridgehead atoms. The van der Waals surface area contributed by atoms with Crippen molar-refractivity contribution >= 4 is 11.7 Å². The van der Waals surface area contributed by atoms with Crippen molar-refractivity contribution in [2.75, 3.05) is 26.8 Å². The second kappa shape index (κ2) is 9.48. The minimum absolute atomic E-state index is 0.110. The molecule has 9 heteroatoms. The average Bonchev–Trinajstić information content (AvgIpc) is 3.54. The maximum atomic E-state index is 13.2. The molecule has 1 amide bonds. The third kappa shape index (κ3) is 4.52.